The molecule has 9 nitrogen and oxygen atoms in total. The molecule has 2 aromatic carbocycles. The number of aliphatic hydroxyl groups excluding tert-OH is 1. The molecule has 0 radical (unpaired) electrons. The third-order valence-electron chi connectivity index (χ3n) is 5.10. The van der Waals surface area contributed by atoms with Crippen LogP contribution in [0.1, 0.15) is 18.9 Å². The molecule has 2 aromatic rings. The van der Waals surface area contributed by atoms with Gasteiger partial charge in [-0.1, -0.05) is 0 Å². The third-order valence-corrected chi connectivity index (χ3v) is 5.10. The van der Waals surface area contributed by atoms with E-state index < -0.39 is 6.10 Å². The summed E-state index contributed by atoms with van der Waals surface area (Å²) >= 11 is 0. The van der Waals surface area contributed by atoms with Crippen LogP contribution < -0.4 is 29.6 Å². The molecule has 0 saturated carbocycles. The first-order valence-electron chi connectivity index (χ1n) is 10.4. The first-order chi connectivity index (χ1) is 15.4. The second-order valence-electron chi connectivity index (χ2n) is 7.59. The van der Waals surface area contributed by atoms with E-state index in [0.29, 0.717) is 54.7 Å². The standard InChI is InChI=1S/C23H30N2O7/c1-14(12-31-16-4-7-20(29-2)21(10-16)30-3)24-11-15(26)13-32-19-8-6-18(27)23-17(19)5-9-22(28)25-23/h4,6-8,10,14-15,24,26-27H,5,9,11-13H2,1-3H3,(H,25,28). The lowest BCUT2D eigenvalue weighted by Gasteiger charge is -2.22. The zero-order chi connectivity index (χ0) is 23.1. The summed E-state index contributed by atoms with van der Waals surface area (Å²) in [5, 5.41) is 26.1. The summed E-state index contributed by atoms with van der Waals surface area (Å²) in [5.74, 6) is 2.29. The number of nitrogens with one attached hydrogen (secondary N) is 2. The van der Waals surface area contributed by atoms with E-state index in [4.69, 9.17) is 18.9 Å². The highest BCUT2D eigenvalue weighted by atomic mass is 16.5. The van der Waals surface area contributed by atoms with Crippen molar-refractivity contribution in [2.45, 2.75) is 31.9 Å². The number of ether oxygens (including phenoxy) is 4. The van der Waals surface area contributed by atoms with Gasteiger partial charge in [0, 0.05) is 30.6 Å². The molecule has 1 aliphatic rings. The summed E-state index contributed by atoms with van der Waals surface area (Å²) in [4.78, 5) is 11.6. The number of carbonyl (C=O) groups is 1. The number of hydrogen-bond acceptors (Lipinski definition) is 8. The second kappa shape index (κ2) is 10.9. The van der Waals surface area contributed by atoms with Crippen LogP contribution in [0.15, 0.2) is 30.3 Å². The molecule has 1 heterocycles. The fraction of sp³-hybridized carbons (Fsp3) is 0.435. The minimum atomic E-state index is -0.749. The average molecular weight is 447 g/mol. The van der Waals surface area contributed by atoms with E-state index in [0.717, 1.165) is 5.56 Å². The van der Waals surface area contributed by atoms with Gasteiger partial charge in [0.2, 0.25) is 5.91 Å². The molecule has 3 rings (SSSR count). The molecule has 1 amide bonds. The van der Waals surface area contributed by atoms with Gasteiger partial charge in [-0.3, -0.25) is 4.79 Å². The minimum absolute atomic E-state index is 0.00548. The largest absolute Gasteiger partial charge is 0.506 e. The van der Waals surface area contributed by atoms with Crippen LogP contribution in [0.5, 0.6) is 28.7 Å². The Labute approximate surface area is 187 Å². The van der Waals surface area contributed by atoms with Crippen molar-refractivity contribution < 1.29 is 34.0 Å². The van der Waals surface area contributed by atoms with Crippen LogP contribution in [0.4, 0.5) is 5.69 Å². The van der Waals surface area contributed by atoms with Crippen molar-refractivity contribution in [3.8, 4) is 28.7 Å². The molecule has 0 aliphatic carbocycles. The number of aliphatic hydroxyl groups is 1. The summed E-state index contributed by atoms with van der Waals surface area (Å²) in [6, 6.07) is 8.44. The number of hydrogen-bond donors (Lipinski definition) is 4. The van der Waals surface area contributed by atoms with Crippen molar-refractivity contribution in [2.24, 2.45) is 0 Å². The molecule has 9 heteroatoms. The van der Waals surface area contributed by atoms with Crippen molar-refractivity contribution in [1.29, 1.82) is 0 Å². The highest BCUT2D eigenvalue weighted by Gasteiger charge is 2.22. The van der Waals surface area contributed by atoms with Crippen molar-refractivity contribution in [3.63, 3.8) is 0 Å². The maximum atomic E-state index is 11.6. The number of methoxy groups -OCH3 is 2. The molecule has 32 heavy (non-hydrogen) atoms. The Morgan fingerprint density at radius 1 is 1.03 bits per heavy atom. The second-order valence-corrected chi connectivity index (χ2v) is 7.59. The molecule has 0 fully saturated rings. The Kier molecular flexibility index (Phi) is 8.02. The molecule has 2 unspecified atom stereocenters. The highest BCUT2D eigenvalue weighted by molar-refractivity contribution is 5.96. The van der Waals surface area contributed by atoms with E-state index in [1.165, 1.54) is 6.07 Å². The quantitative estimate of drug-likeness (QED) is 0.388. The van der Waals surface area contributed by atoms with E-state index in [9.17, 15) is 15.0 Å². The number of phenols is 1. The van der Waals surface area contributed by atoms with Gasteiger partial charge in [0.1, 0.15) is 36.6 Å². The predicted octanol–water partition coefficient (Wildman–Crippen LogP) is 2.09. The van der Waals surface area contributed by atoms with E-state index in [2.05, 4.69) is 10.6 Å². The molecule has 2 atom stereocenters. The number of fused-ring (bicyclic) bond motifs is 1. The van der Waals surface area contributed by atoms with Crippen molar-refractivity contribution >= 4 is 11.6 Å². The average Bonchev–Trinajstić information content (AvgIpc) is 2.80. The van der Waals surface area contributed by atoms with Gasteiger partial charge in [0.15, 0.2) is 11.5 Å². The Morgan fingerprint density at radius 3 is 2.53 bits per heavy atom. The molecule has 0 saturated heterocycles. The number of phenolic OH excluding ortho intramolecular Hbond substituents is 1. The van der Waals surface area contributed by atoms with Gasteiger partial charge >= 0.3 is 0 Å². The van der Waals surface area contributed by atoms with E-state index in [-0.39, 0.29) is 24.3 Å². The summed E-state index contributed by atoms with van der Waals surface area (Å²) in [6.45, 7) is 2.73. The van der Waals surface area contributed by atoms with E-state index in [1.54, 1.807) is 38.5 Å². The topological polar surface area (TPSA) is 119 Å². The van der Waals surface area contributed by atoms with Crippen LogP contribution in [-0.2, 0) is 11.2 Å². The number of carbonyl (C=O) groups excluding carboxylic acids is 1. The van der Waals surface area contributed by atoms with Gasteiger partial charge in [0.05, 0.1) is 19.9 Å². The van der Waals surface area contributed by atoms with Crippen molar-refractivity contribution in [1.82, 2.24) is 5.32 Å². The molecular formula is C23H30N2O7. The van der Waals surface area contributed by atoms with Gasteiger partial charge in [-0.15, -0.1) is 0 Å². The number of rotatable bonds is 11. The minimum Gasteiger partial charge on any atom is -0.506 e. The summed E-state index contributed by atoms with van der Waals surface area (Å²) in [6.07, 6.45) is 0.0549. The van der Waals surface area contributed by atoms with Crippen LogP contribution in [-0.4, -0.2) is 62.2 Å². The number of amides is 1. The Bertz CT molecular complexity index is 935. The molecule has 4 N–H and O–H groups in total. The SMILES string of the molecule is COc1ccc(OCC(C)NCC(O)COc2ccc(O)c3c2CCC(=O)N3)cc1OC. The lowest BCUT2D eigenvalue weighted by Crippen LogP contribution is -2.39. The van der Waals surface area contributed by atoms with Gasteiger partial charge in [0.25, 0.3) is 0 Å². The highest BCUT2D eigenvalue weighted by Crippen LogP contribution is 2.38. The molecule has 0 aromatic heterocycles. The molecular weight excluding hydrogens is 416 g/mol. The molecule has 0 spiro atoms. The monoisotopic (exact) mass is 446 g/mol. The lowest BCUT2D eigenvalue weighted by atomic mass is 10.0. The zero-order valence-corrected chi connectivity index (χ0v) is 18.5. The number of benzene rings is 2. The molecule has 0 bridgehead atoms. The maximum absolute atomic E-state index is 11.6. The van der Waals surface area contributed by atoms with Crippen molar-refractivity contribution in [3.05, 3.63) is 35.9 Å². The summed E-state index contributed by atoms with van der Waals surface area (Å²) < 4.78 is 22.0. The van der Waals surface area contributed by atoms with Crippen molar-refractivity contribution in [2.75, 3.05) is 39.3 Å². The maximum Gasteiger partial charge on any atom is 0.224 e. The number of anilines is 1. The Balaban J connectivity index is 1.44. The van der Waals surface area contributed by atoms with Crippen LogP contribution in [0, 0.1) is 0 Å². The third kappa shape index (κ3) is 5.95. The summed E-state index contributed by atoms with van der Waals surface area (Å²) in [7, 11) is 3.15. The fourth-order valence-corrected chi connectivity index (χ4v) is 3.35. The first-order valence-corrected chi connectivity index (χ1v) is 10.4. The summed E-state index contributed by atoms with van der Waals surface area (Å²) in [5.41, 5.74) is 1.12. The van der Waals surface area contributed by atoms with Crippen LogP contribution in [0.3, 0.4) is 0 Å². The van der Waals surface area contributed by atoms with Gasteiger partial charge in [-0.05, 0) is 37.6 Å². The van der Waals surface area contributed by atoms with Crippen LogP contribution in [0.25, 0.3) is 0 Å². The Hall–Kier alpha value is -3.17. The van der Waals surface area contributed by atoms with Gasteiger partial charge in [-0.25, -0.2) is 0 Å². The van der Waals surface area contributed by atoms with E-state index in [1.807, 2.05) is 6.92 Å². The zero-order valence-electron chi connectivity index (χ0n) is 18.5. The van der Waals surface area contributed by atoms with Crippen LogP contribution in [0.2, 0.25) is 0 Å². The number of aromatic hydroxyl groups is 1. The smallest absolute Gasteiger partial charge is 0.224 e. The fourth-order valence-electron chi connectivity index (χ4n) is 3.35. The predicted molar refractivity (Wildman–Crippen MR) is 119 cm³/mol. The normalized spacial score (nSPS) is 14.7. The lowest BCUT2D eigenvalue weighted by molar-refractivity contribution is -0.116. The molecule has 174 valence electrons. The molecule has 1 aliphatic heterocycles. The van der Waals surface area contributed by atoms with E-state index >= 15 is 0 Å². The Morgan fingerprint density at radius 2 is 1.78 bits per heavy atom. The van der Waals surface area contributed by atoms with Gasteiger partial charge in [-0.2, -0.15) is 0 Å². The van der Waals surface area contributed by atoms with Gasteiger partial charge < -0.3 is 39.8 Å². The first kappa shape index (κ1) is 23.5. The van der Waals surface area contributed by atoms with Crippen LogP contribution >= 0.6 is 0 Å².